The molecular weight excluding hydrogens is 372 g/mol. The number of likely N-dealkylation sites (tertiary alicyclic amines) is 1. The molecule has 2 aromatic heterocycles. The van der Waals surface area contributed by atoms with Gasteiger partial charge < -0.3 is 4.90 Å². The molecule has 0 unspecified atom stereocenters. The van der Waals surface area contributed by atoms with Crippen LogP contribution in [0, 0.1) is 0 Å². The van der Waals surface area contributed by atoms with E-state index < -0.39 is 0 Å². The van der Waals surface area contributed by atoms with Crippen molar-refractivity contribution in [2.75, 3.05) is 6.54 Å². The summed E-state index contributed by atoms with van der Waals surface area (Å²) >= 11 is 1.66. The fourth-order valence-corrected chi connectivity index (χ4v) is 5.02. The summed E-state index contributed by atoms with van der Waals surface area (Å²) < 4.78 is 1.14. The van der Waals surface area contributed by atoms with E-state index in [1.807, 2.05) is 41.3 Å². The molecule has 1 aliphatic rings. The number of thiazole rings is 1. The van der Waals surface area contributed by atoms with Crippen LogP contribution in [0.4, 0.5) is 0 Å². The number of fused-ring (bicyclic) bond motifs is 2. The highest BCUT2D eigenvalue weighted by atomic mass is 32.1. The van der Waals surface area contributed by atoms with E-state index >= 15 is 0 Å². The molecule has 28 heavy (non-hydrogen) atoms. The first kappa shape index (κ1) is 17.1. The van der Waals surface area contributed by atoms with Crippen LogP contribution in [0.15, 0.2) is 53.3 Å². The second-order valence-corrected chi connectivity index (χ2v) is 8.05. The number of nitrogens with one attached hydrogen (secondary N) is 1. The molecule has 4 aromatic rings. The second-order valence-electron chi connectivity index (χ2n) is 6.99. The van der Waals surface area contributed by atoms with E-state index in [9.17, 15) is 9.59 Å². The fourth-order valence-electron chi connectivity index (χ4n) is 3.91. The van der Waals surface area contributed by atoms with Crippen LogP contribution in [-0.4, -0.2) is 32.5 Å². The minimum atomic E-state index is -0.236. The SMILES string of the molecule is O=C(Cc1n[nH]c(=O)c2ccccc12)N1CCC[C@@H]1c1nc2ccccc2s1. The van der Waals surface area contributed by atoms with E-state index in [0.717, 1.165) is 40.0 Å². The highest BCUT2D eigenvalue weighted by molar-refractivity contribution is 7.18. The Bertz CT molecular complexity index is 1210. The normalized spacial score (nSPS) is 16.9. The fraction of sp³-hybridized carbons (Fsp3) is 0.238. The van der Waals surface area contributed by atoms with Gasteiger partial charge in [-0.25, -0.2) is 10.1 Å². The average Bonchev–Trinajstić information content (AvgIpc) is 3.37. The van der Waals surface area contributed by atoms with Gasteiger partial charge in [-0.3, -0.25) is 9.59 Å². The molecule has 1 N–H and O–H groups in total. The van der Waals surface area contributed by atoms with Gasteiger partial charge in [0, 0.05) is 11.9 Å². The van der Waals surface area contributed by atoms with Crippen molar-refractivity contribution in [1.29, 1.82) is 0 Å². The Labute approximate surface area is 164 Å². The Morgan fingerprint density at radius 2 is 1.93 bits per heavy atom. The van der Waals surface area contributed by atoms with E-state index in [4.69, 9.17) is 4.98 Å². The summed E-state index contributed by atoms with van der Waals surface area (Å²) in [4.78, 5) is 31.8. The maximum Gasteiger partial charge on any atom is 0.272 e. The maximum absolute atomic E-state index is 13.1. The minimum Gasteiger partial charge on any atom is -0.333 e. The number of hydrogen-bond acceptors (Lipinski definition) is 5. The molecule has 1 saturated heterocycles. The molecule has 1 atom stereocenters. The van der Waals surface area contributed by atoms with Gasteiger partial charge in [0.2, 0.25) is 5.91 Å². The molecule has 5 rings (SSSR count). The molecule has 0 radical (unpaired) electrons. The van der Waals surface area contributed by atoms with Crippen LogP contribution in [-0.2, 0) is 11.2 Å². The molecule has 0 aliphatic carbocycles. The van der Waals surface area contributed by atoms with Gasteiger partial charge in [-0.15, -0.1) is 11.3 Å². The van der Waals surface area contributed by atoms with Gasteiger partial charge in [-0.05, 0) is 31.0 Å². The number of aromatic amines is 1. The van der Waals surface area contributed by atoms with E-state index in [1.165, 1.54) is 0 Å². The van der Waals surface area contributed by atoms with E-state index in [0.29, 0.717) is 11.1 Å². The van der Waals surface area contributed by atoms with Crippen LogP contribution in [0.5, 0.6) is 0 Å². The van der Waals surface area contributed by atoms with Crippen molar-refractivity contribution >= 4 is 38.2 Å². The Balaban J connectivity index is 1.45. The molecular formula is C21H18N4O2S. The van der Waals surface area contributed by atoms with Gasteiger partial charge in [0.1, 0.15) is 5.01 Å². The van der Waals surface area contributed by atoms with Gasteiger partial charge in [0.25, 0.3) is 5.56 Å². The Morgan fingerprint density at radius 1 is 1.14 bits per heavy atom. The lowest BCUT2D eigenvalue weighted by Gasteiger charge is -2.23. The lowest BCUT2D eigenvalue weighted by Crippen LogP contribution is -2.32. The summed E-state index contributed by atoms with van der Waals surface area (Å²) in [5, 5.41) is 8.95. The van der Waals surface area contributed by atoms with Gasteiger partial charge >= 0.3 is 0 Å². The number of rotatable bonds is 3. The molecule has 0 saturated carbocycles. The van der Waals surface area contributed by atoms with Crippen molar-refractivity contribution in [1.82, 2.24) is 20.1 Å². The maximum atomic E-state index is 13.1. The lowest BCUT2D eigenvalue weighted by molar-refractivity contribution is -0.131. The molecule has 140 valence electrons. The number of nitrogens with zero attached hydrogens (tertiary/aromatic N) is 3. The van der Waals surface area contributed by atoms with Crippen LogP contribution in [0.3, 0.4) is 0 Å². The molecule has 6 nitrogen and oxygen atoms in total. The molecule has 3 heterocycles. The van der Waals surface area contributed by atoms with Crippen LogP contribution in [0.2, 0.25) is 0 Å². The van der Waals surface area contributed by atoms with Crippen molar-refractivity contribution in [3.63, 3.8) is 0 Å². The smallest absolute Gasteiger partial charge is 0.272 e. The number of H-pyrrole nitrogens is 1. The molecule has 7 heteroatoms. The van der Waals surface area contributed by atoms with E-state index in [2.05, 4.69) is 16.3 Å². The van der Waals surface area contributed by atoms with Crippen molar-refractivity contribution in [3.05, 3.63) is 69.6 Å². The third-order valence-electron chi connectivity index (χ3n) is 5.26. The zero-order valence-corrected chi connectivity index (χ0v) is 15.9. The average molecular weight is 390 g/mol. The minimum absolute atomic E-state index is 0.0129. The van der Waals surface area contributed by atoms with E-state index in [1.54, 1.807) is 17.4 Å². The molecule has 0 spiro atoms. The lowest BCUT2D eigenvalue weighted by atomic mass is 10.1. The van der Waals surface area contributed by atoms with Crippen molar-refractivity contribution in [2.45, 2.75) is 25.3 Å². The summed E-state index contributed by atoms with van der Waals surface area (Å²) in [6, 6.07) is 15.3. The number of carbonyl (C=O) groups excluding carboxylic acids is 1. The quantitative estimate of drug-likeness (QED) is 0.581. The van der Waals surface area contributed by atoms with Crippen molar-refractivity contribution in [3.8, 4) is 0 Å². The molecule has 1 aliphatic heterocycles. The first-order valence-corrected chi connectivity index (χ1v) is 10.1. The zero-order chi connectivity index (χ0) is 19.1. The topological polar surface area (TPSA) is 79.0 Å². The van der Waals surface area contributed by atoms with Crippen LogP contribution in [0.1, 0.15) is 29.6 Å². The monoisotopic (exact) mass is 390 g/mol. The van der Waals surface area contributed by atoms with Gasteiger partial charge in [-0.1, -0.05) is 30.3 Å². The van der Waals surface area contributed by atoms with E-state index in [-0.39, 0.29) is 23.9 Å². The predicted molar refractivity (Wildman–Crippen MR) is 109 cm³/mol. The third-order valence-corrected chi connectivity index (χ3v) is 6.40. The second kappa shape index (κ2) is 6.83. The predicted octanol–water partition coefficient (Wildman–Crippen LogP) is 3.44. The van der Waals surface area contributed by atoms with Crippen LogP contribution in [0.25, 0.3) is 21.0 Å². The number of benzene rings is 2. The number of para-hydroxylation sites is 1. The van der Waals surface area contributed by atoms with Gasteiger partial charge in [0.05, 0.1) is 33.8 Å². The summed E-state index contributed by atoms with van der Waals surface area (Å²) in [6.45, 7) is 0.723. The summed E-state index contributed by atoms with van der Waals surface area (Å²) in [5.41, 5.74) is 1.35. The van der Waals surface area contributed by atoms with Crippen molar-refractivity contribution < 1.29 is 4.79 Å². The Kier molecular flexibility index (Phi) is 4.16. The summed E-state index contributed by atoms with van der Waals surface area (Å²) in [5.74, 6) is 0.0199. The number of aromatic nitrogens is 3. The number of carbonyl (C=O) groups is 1. The molecule has 2 aromatic carbocycles. The highest BCUT2D eigenvalue weighted by Crippen LogP contribution is 2.36. The third kappa shape index (κ3) is 2.88. The molecule has 1 fully saturated rings. The summed E-state index contributed by atoms with van der Waals surface area (Å²) in [6.07, 6.45) is 2.05. The molecule has 0 bridgehead atoms. The zero-order valence-electron chi connectivity index (χ0n) is 15.1. The number of amides is 1. The Morgan fingerprint density at radius 3 is 2.79 bits per heavy atom. The van der Waals surface area contributed by atoms with Crippen LogP contribution >= 0.6 is 11.3 Å². The first-order valence-electron chi connectivity index (χ1n) is 9.32. The van der Waals surface area contributed by atoms with Crippen molar-refractivity contribution in [2.24, 2.45) is 0 Å². The Hall–Kier alpha value is -3.06. The largest absolute Gasteiger partial charge is 0.333 e. The summed E-state index contributed by atoms with van der Waals surface area (Å²) in [7, 11) is 0. The van der Waals surface area contributed by atoms with Gasteiger partial charge in [-0.2, -0.15) is 5.10 Å². The first-order chi connectivity index (χ1) is 13.7. The highest BCUT2D eigenvalue weighted by Gasteiger charge is 2.32. The van der Waals surface area contributed by atoms with Crippen LogP contribution < -0.4 is 5.56 Å². The standard InChI is InChI=1S/C21H18N4O2S/c26-19(12-16-13-6-1-2-7-14(13)20(27)24-23-16)25-11-5-9-17(25)21-22-15-8-3-4-10-18(15)28-21/h1-4,6-8,10,17H,5,9,11-12H2,(H,24,27)/t17-/m1/s1. The molecule has 1 amide bonds. The number of hydrogen-bond donors (Lipinski definition) is 1. The van der Waals surface area contributed by atoms with Gasteiger partial charge in [0.15, 0.2) is 0 Å².